The first-order valence-corrected chi connectivity index (χ1v) is 6.89. The fraction of sp³-hybridized carbons (Fsp3) is 0.600. The number of nitrogen functional groups attached to an aromatic ring is 1. The minimum atomic E-state index is 0.145. The van der Waals surface area contributed by atoms with Crippen LogP contribution < -0.4 is 15.8 Å². The molecule has 0 aromatic heterocycles. The summed E-state index contributed by atoms with van der Waals surface area (Å²) in [6, 6.07) is 6.46. The van der Waals surface area contributed by atoms with E-state index in [1.54, 1.807) is 0 Å². The predicted molar refractivity (Wildman–Crippen MR) is 77.0 cm³/mol. The molecule has 0 heterocycles. The Morgan fingerprint density at radius 2 is 2.00 bits per heavy atom. The molecule has 0 saturated heterocycles. The summed E-state index contributed by atoms with van der Waals surface area (Å²) >= 11 is 0. The van der Waals surface area contributed by atoms with Crippen molar-refractivity contribution >= 4 is 11.4 Å². The third-order valence-corrected chi connectivity index (χ3v) is 3.63. The van der Waals surface area contributed by atoms with Gasteiger partial charge in [0.25, 0.3) is 0 Å². The first-order valence-electron chi connectivity index (χ1n) is 6.89. The molecule has 100 valence electrons. The second-order valence-corrected chi connectivity index (χ2v) is 5.54. The van der Waals surface area contributed by atoms with Gasteiger partial charge in [-0.1, -0.05) is 6.42 Å². The van der Waals surface area contributed by atoms with Gasteiger partial charge in [-0.15, -0.1) is 0 Å². The molecule has 1 aromatic carbocycles. The summed E-state index contributed by atoms with van der Waals surface area (Å²) < 4.78 is 5.70. The van der Waals surface area contributed by atoms with Crippen molar-refractivity contribution in [2.24, 2.45) is 5.92 Å². The lowest BCUT2D eigenvalue weighted by molar-refractivity contribution is 0.244. The van der Waals surface area contributed by atoms with Gasteiger partial charge >= 0.3 is 0 Å². The summed E-state index contributed by atoms with van der Waals surface area (Å²) in [5.74, 6) is 1.59. The normalized spacial score (nSPS) is 17.3. The molecule has 0 spiro atoms. The van der Waals surface area contributed by atoms with Gasteiger partial charge in [-0.05, 0) is 51.7 Å². The van der Waals surface area contributed by atoms with Gasteiger partial charge < -0.3 is 15.8 Å². The van der Waals surface area contributed by atoms with Crippen molar-refractivity contribution < 1.29 is 4.74 Å². The van der Waals surface area contributed by atoms with E-state index in [4.69, 9.17) is 10.5 Å². The highest BCUT2D eigenvalue weighted by atomic mass is 16.5. The third kappa shape index (κ3) is 3.09. The van der Waals surface area contributed by atoms with Gasteiger partial charge in [-0.3, -0.25) is 0 Å². The van der Waals surface area contributed by atoms with E-state index in [9.17, 15) is 0 Å². The van der Waals surface area contributed by atoms with Crippen LogP contribution in [-0.4, -0.2) is 12.1 Å². The number of nitrogens with one attached hydrogen (secondary N) is 1. The summed E-state index contributed by atoms with van der Waals surface area (Å²) in [6.07, 6.45) is 4.21. The Labute approximate surface area is 110 Å². The highest BCUT2D eigenvalue weighted by molar-refractivity contribution is 5.61. The average molecular weight is 248 g/mol. The monoisotopic (exact) mass is 248 g/mol. The molecule has 1 aliphatic carbocycles. The number of hydrogen-bond acceptors (Lipinski definition) is 3. The number of hydrogen-bond donors (Lipinski definition) is 2. The molecular weight excluding hydrogens is 224 g/mol. The first-order chi connectivity index (χ1) is 8.56. The van der Waals surface area contributed by atoms with Gasteiger partial charge in [0.05, 0.1) is 11.8 Å². The van der Waals surface area contributed by atoms with E-state index in [-0.39, 0.29) is 6.10 Å². The lowest BCUT2D eigenvalue weighted by atomic mass is 9.80. The molecule has 3 heteroatoms. The van der Waals surface area contributed by atoms with E-state index in [1.165, 1.54) is 19.3 Å². The Bertz CT molecular complexity index is 399. The smallest absolute Gasteiger partial charge is 0.144 e. The maximum atomic E-state index is 5.91. The van der Waals surface area contributed by atoms with Gasteiger partial charge in [0.1, 0.15) is 5.75 Å². The molecule has 0 amide bonds. The Morgan fingerprint density at radius 3 is 2.56 bits per heavy atom. The van der Waals surface area contributed by atoms with Crippen molar-refractivity contribution in [3.05, 3.63) is 18.2 Å². The molecule has 0 bridgehead atoms. The highest BCUT2D eigenvalue weighted by Crippen LogP contribution is 2.32. The SMILES string of the molecule is CC(C)Oc1cc(NC(C)C2CCC2)ccc1N. The maximum absolute atomic E-state index is 5.91. The van der Waals surface area contributed by atoms with E-state index in [0.717, 1.165) is 17.4 Å². The van der Waals surface area contributed by atoms with Gasteiger partial charge in [0.2, 0.25) is 0 Å². The van der Waals surface area contributed by atoms with Gasteiger partial charge in [0, 0.05) is 17.8 Å². The summed E-state index contributed by atoms with van der Waals surface area (Å²) in [5.41, 5.74) is 7.71. The second-order valence-electron chi connectivity index (χ2n) is 5.54. The van der Waals surface area contributed by atoms with Crippen LogP contribution in [0.1, 0.15) is 40.0 Å². The zero-order valence-electron chi connectivity index (χ0n) is 11.6. The van der Waals surface area contributed by atoms with E-state index in [2.05, 4.69) is 12.2 Å². The van der Waals surface area contributed by atoms with E-state index < -0.39 is 0 Å². The topological polar surface area (TPSA) is 47.3 Å². The molecule has 18 heavy (non-hydrogen) atoms. The molecule has 1 aliphatic rings. The number of rotatable bonds is 5. The molecule has 2 rings (SSSR count). The third-order valence-electron chi connectivity index (χ3n) is 3.63. The molecule has 3 N–H and O–H groups in total. The largest absolute Gasteiger partial charge is 0.489 e. The first kappa shape index (κ1) is 13.1. The lowest BCUT2D eigenvalue weighted by Gasteiger charge is -2.32. The number of benzene rings is 1. The van der Waals surface area contributed by atoms with Crippen LogP contribution in [0.4, 0.5) is 11.4 Å². The van der Waals surface area contributed by atoms with Crippen molar-refractivity contribution in [3.8, 4) is 5.75 Å². The Hall–Kier alpha value is -1.38. The van der Waals surface area contributed by atoms with Crippen molar-refractivity contribution in [1.82, 2.24) is 0 Å². The van der Waals surface area contributed by atoms with Gasteiger partial charge in [0.15, 0.2) is 0 Å². The van der Waals surface area contributed by atoms with Crippen LogP contribution in [0, 0.1) is 5.92 Å². The van der Waals surface area contributed by atoms with Crippen molar-refractivity contribution in [2.75, 3.05) is 11.1 Å². The van der Waals surface area contributed by atoms with Gasteiger partial charge in [-0.25, -0.2) is 0 Å². The van der Waals surface area contributed by atoms with Gasteiger partial charge in [-0.2, -0.15) is 0 Å². The molecule has 0 aliphatic heterocycles. The Kier molecular flexibility index (Phi) is 4.00. The van der Waals surface area contributed by atoms with E-state index >= 15 is 0 Å². The number of anilines is 2. The fourth-order valence-corrected chi connectivity index (χ4v) is 2.30. The van der Waals surface area contributed by atoms with Crippen LogP contribution in [0.25, 0.3) is 0 Å². The minimum Gasteiger partial charge on any atom is -0.489 e. The highest BCUT2D eigenvalue weighted by Gasteiger charge is 2.23. The van der Waals surface area contributed by atoms with Crippen LogP contribution in [0.3, 0.4) is 0 Å². The van der Waals surface area contributed by atoms with E-state index in [1.807, 2.05) is 32.0 Å². The fourth-order valence-electron chi connectivity index (χ4n) is 2.30. The van der Waals surface area contributed by atoms with Crippen molar-refractivity contribution in [3.63, 3.8) is 0 Å². The summed E-state index contributed by atoms with van der Waals surface area (Å²) in [4.78, 5) is 0. The molecule has 1 unspecified atom stereocenters. The summed E-state index contributed by atoms with van der Waals surface area (Å²) in [5, 5.41) is 3.55. The Balaban J connectivity index is 2.03. The number of nitrogens with two attached hydrogens (primary N) is 1. The second kappa shape index (κ2) is 5.51. The minimum absolute atomic E-state index is 0.145. The molecule has 1 saturated carbocycles. The predicted octanol–water partition coefficient (Wildman–Crippen LogP) is 3.66. The quantitative estimate of drug-likeness (QED) is 0.782. The molecule has 1 atom stereocenters. The average Bonchev–Trinajstić information content (AvgIpc) is 2.19. The molecule has 1 aromatic rings. The van der Waals surface area contributed by atoms with Crippen LogP contribution in [-0.2, 0) is 0 Å². The number of ether oxygens (including phenoxy) is 1. The van der Waals surface area contributed by atoms with Crippen LogP contribution in [0.5, 0.6) is 5.75 Å². The molecule has 1 fully saturated rings. The van der Waals surface area contributed by atoms with Crippen molar-refractivity contribution in [1.29, 1.82) is 0 Å². The zero-order chi connectivity index (χ0) is 13.1. The van der Waals surface area contributed by atoms with Crippen LogP contribution >= 0.6 is 0 Å². The summed E-state index contributed by atoms with van der Waals surface area (Å²) in [7, 11) is 0. The van der Waals surface area contributed by atoms with Crippen LogP contribution in [0.15, 0.2) is 18.2 Å². The zero-order valence-corrected chi connectivity index (χ0v) is 11.6. The van der Waals surface area contributed by atoms with Crippen LogP contribution in [0.2, 0.25) is 0 Å². The summed E-state index contributed by atoms with van der Waals surface area (Å²) in [6.45, 7) is 6.27. The molecular formula is C15H24N2O. The van der Waals surface area contributed by atoms with Crippen molar-refractivity contribution in [2.45, 2.75) is 52.2 Å². The molecule has 0 radical (unpaired) electrons. The maximum Gasteiger partial charge on any atom is 0.144 e. The lowest BCUT2D eigenvalue weighted by Crippen LogP contribution is -2.30. The molecule has 3 nitrogen and oxygen atoms in total. The van der Waals surface area contributed by atoms with E-state index in [0.29, 0.717) is 11.7 Å². The Morgan fingerprint density at radius 1 is 1.28 bits per heavy atom. The standard InChI is InChI=1S/C15H24N2O/c1-10(2)18-15-9-13(7-8-14(15)16)17-11(3)12-5-4-6-12/h7-12,17H,4-6,16H2,1-3H3.